The van der Waals surface area contributed by atoms with Gasteiger partial charge < -0.3 is 15.4 Å². The summed E-state index contributed by atoms with van der Waals surface area (Å²) in [7, 11) is 0.469. The lowest BCUT2D eigenvalue weighted by Crippen LogP contribution is -2.39. The Morgan fingerprint density at radius 1 is 1.25 bits per heavy atom. The number of nitrogens with zero attached hydrogens (tertiary/aromatic N) is 1. The van der Waals surface area contributed by atoms with Crippen LogP contribution in [-0.2, 0) is 16.6 Å². The number of rotatable bonds is 9. The number of nitrogens with one attached hydrogen (secondary N) is 2. The number of hydrogen-bond acceptors (Lipinski definition) is 3. The Bertz CT molecular complexity index is 799. The SMILES string of the molecule is CCNC(=NCCS(=O)Cc1ccccc1)NC(C)c1ccc(OC)c(F)c1. The second kappa shape index (κ2) is 11.4. The summed E-state index contributed by atoms with van der Waals surface area (Å²) in [5.74, 6) is 1.45. The van der Waals surface area contributed by atoms with Crippen molar-refractivity contribution in [3.63, 3.8) is 0 Å². The zero-order chi connectivity index (χ0) is 20.4. The lowest BCUT2D eigenvalue weighted by atomic mass is 10.1. The second-order valence-electron chi connectivity index (χ2n) is 6.29. The lowest BCUT2D eigenvalue weighted by Gasteiger charge is -2.18. The van der Waals surface area contributed by atoms with Gasteiger partial charge in [-0.25, -0.2) is 4.39 Å². The summed E-state index contributed by atoms with van der Waals surface area (Å²) in [5, 5.41) is 6.42. The maximum Gasteiger partial charge on any atom is 0.191 e. The molecule has 2 N–H and O–H groups in total. The van der Waals surface area contributed by atoms with Crippen LogP contribution in [0.1, 0.15) is 31.0 Å². The molecule has 7 heteroatoms. The first kappa shape index (κ1) is 21.9. The molecule has 0 heterocycles. The molecule has 0 bridgehead atoms. The molecule has 0 radical (unpaired) electrons. The van der Waals surface area contributed by atoms with E-state index in [1.54, 1.807) is 6.07 Å². The zero-order valence-corrected chi connectivity index (χ0v) is 17.4. The minimum atomic E-state index is -0.973. The summed E-state index contributed by atoms with van der Waals surface area (Å²) in [6.45, 7) is 5.05. The summed E-state index contributed by atoms with van der Waals surface area (Å²) >= 11 is 0. The third-order valence-electron chi connectivity index (χ3n) is 4.13. The molecule has 0 saturated heterocycles. The number of halogens is 1. The van der Waals surface area contributed by atoms with Crippen LogP contribution in [0.2, 0.25) is 0 Å². The molecule has 152 valence electrons. The number of guanidine groups is 1. The van der Waals surface area contributed by atoms with Gasteiger partial charge in [-0.1, -0.05) is 36.4 Å². The summed E-state index contributed by atoms with van der Waals surface area (Å²) in [6.07, 6.45) is 0. The fraction of sp³-hybridized carbons (Fsp3) is 0.381. The van der Waals surface area contributed by atoms with E-state index < -0.39 is 16.6 Å². The van der Waals surface area contributed by atoms with Crippen LogP contribution in [0.25, 0.3) is 0 Å². The average Bonchev–Trinajstić information content (AvgIpc) is 2.68. The standard InChI is InChI=1S/C21H28FN3O2S/c1-4-23-21(24-12-13-28(26)15-17-8-6-5-7-9-17)25-16(2)18-10-11-20(27-3)19(22)14-18/h5-11,14,16H,4,12-13,15H2,1-3H3,(H2,23,24,25). The predicted octanol–water partition coefficient (Wildman–Crippen LogP) is 3.40. The molecule has 0 amide bonds. The van der Waals surface area contributed by atoms with Crippen LogP contribution < -0.4 is 15.4 Å². The highest BCUT2D eigenvalue weighted by Crippen LogP contribution is 2.21. The Balaban J connectivity index is 1.92. The van der Waals surface area contributed by atoms with Crippen LogP contribution in [0, 0.1) is 5.82 Å². The van der Waals surface area contributed by atoms with Gasteiger partial charge in [-0.05, 0) is 37.1 Å². The number of methoxy groups -OCH3 is 1. The molecular weight excluding hydrogens is 377 g/mol. The van der Waals surface area contributed by atoms with Crippen LogP contribution >= 0.6 is 0 Å². The predicted molar refractivity (Wildman–Crippen MR) is 114 cm³/mol. The minimum Gasteiger partial charge on any atom is -0.494 e. The van der Waals surface area contributed by atoms with E-state index in [4.69, 9.17) is 4.74 Å². The van der Waals surface area contributed by atoms with Gasteiger partial charge in [0.05, 0.1) is 19.7 Å². The number of ether oxygens (including phenoxy) is 1. The van der Waals surface area contributed by atoms with Gasteiger partial charge in [-0.3, -0.25) is 9.20 Å². The van der Waals surface area contributed by atoms with Crippen molar-refractivity contribution < 1.29 is 13.3 Å². The van der Waals surface area contributed by atoms with Gasteiger partial charge in [-0.15, -0.1) is 0 Å². The molecule has 2 rings (SSSR count). The molecule has 0 saturated carbocycles. The van der Waals surface area contributed by atoms with Crippen LogP contribution in [0.5, 0.6) is 5.75 Å². The Kier molecular flexibility index (Phi) is 8.94. The van der Waals surface area contributed by atoms with E-state index in [0.29, 0.717) is 30.6 Å². The van der Waals surface area contributed by atoms with E-state index in [2.05, 4.69) is 15.6 Å². The first-order chi connectivity index (χ1) is 13.5. The maximum absolute atomic E-state index is 13.9. The van der Waals surface area contributed by atoms with Gasteiger partial charge >= 0.3 is 0 Å². The van der Waals surface area contributed by atoms with Crippen molar-refractivity contribution in [2.45, 2.75) is 25.6 Å². The number of aliphatic imine (C=N–C) groups is 1. The van der Waals surface area contributed by atoms with E-state index in [0.717, 1.165) is 11.1 Å². The van der Waals surface area contributed by atoms with Crippen LogP contribution in [-0.4, -0.2) is 36.1 Å². The molecule has 2 atom stereocenters. The second-order valence-corrected chi connectivity index (χ2v) is 7.87. The first-order valence-corrected chi connectivity index (χ1v) is 10.8. The van der Waals surface area contributed by atoms with Crippen molar-refractivity contribution in [1.29, 1.82) is 0 Å². The smallest absolute Gasteiger partial charge is 0.191 e. The maximum atomic E-state index is 13.9. The molecule has 28 heavy (non-hydrogen) atoms. The third-order valence-corrected chi connectivity index (χ3v) is 5.43. The lowest BCUT2D eigenvalue weighted by molar-refractivity contribution is 0.386. The first-order valence-electron chi connectivity index (χ1n) is 9.30. The summed E-state index contributed by atoms with van der Waals surface area (Å²) < 4.78 is 31.1. The third kappa shape index (κ3) is 6.96. The van der Waals surface area contributed by atoms with Gasteiger partial charge in [0.2, 0.25) is 0 Å². The molecule has 0 fully saturated rings. The molecule has 0 aliphatic rings. The average molecular weight is 406 g/mol. The monoisotopic (exact) mass is 405 g/mol. The molecule has 0 aliphatic carbocycles. The Labute approximate surface area is 168 Å². The van der Waals surface area contributed by atoms with Crippen LogP contribution in [0.4, 0.5) is 4.39 Å². The zero-order valence-electron chi connectivity index (χ0n) is 16.6. The largest absolute Gasteiger partial charge is 0.494 e. The van der Waals surface area contributed by atoms with E-state index in [1.807, 2.05) is 50.2 Å². The fourth-order valence-electron chi connectivity index (χ4n) is 2.65. The van der Waals surface area contributed by atoms with E-state index in [1.165, 1.54) is 13.2 Å². The van der Waals surface area contributed by atoms with E-state index >= 15 is 0 Å². The molecule has 2 aromatic rings. The van der Waals surface area contributed by atoms with Gasteiger partial charge in [0, 0.05) is 28.9 Å². The Morgan fingerprint density at radius 3 is 2.64 bits per heavy atom. The van der Waals surface area contributed by atoms with Crippen molar-refractivity contribution in [2.24, 2.45) is 4.99 Å². The highest BCUT2D eigenvalue weighted by Gasteiger charge is 2.11. The van der Waals surface area contributed by atoms with Crippen molar-refractivity contribution >= 4 is 16.8 Å². The van der Waals surface area contributed by atoms with E-state index in [9.17, 15) is 8.60 Å². The molecule has 2 unspecified atom stereocenters. The summed E-state index contributed by atoms with van der Waals surface area (Å²) in [4.78, 5) is 4.50. The number of benzene rings is 2. The minimum absolute atomic E-state index is 0.145. The highest BCUT2D eigenvalue weighted by atomic mass is 32.2. The van der Waals surface area contributed by atoms with Crippen molar-refractivity contribution in [3.8, 4) is 5.75 Å². The Morgan fingerprint density at radius 2 is 2.00 bits per heavy atom. The molecule has 0 aliphatic heterocycles. The number of hydrogen-bond donors (Lipinski definition) is 2. The quantitative estimate of drug-likeness (QED) is 0.496. The fourth-order valence-corrected chi connectivity index (χ4v) is 3.66. The molecule has 0 spiro atoms. The van der Waals surface area contributed by atoms with Gasteiger partial charge in [0.25, 0.3) is 0 Å². The van der Waals surface area contributed by atoms with Crippen molar-refractivity contribution in [3.05, 3.63) is 65.5 Å². The normalized spacial score (nSPS) is 13.6. The van der Waals surface area contributed by atoms with Gasteiger partial charge in [0.15, 0.2) is 17.5 Å². The van der Waals surface area contributed by atoms with Gasteiger partial charge in [-0.2, -0.15) is 0 Å². The molecule has 2 aromatic carbocycles. The Hall–Kier alpha value is -2.41. The van der Waals surface area contributed by atoms with Crippen molar-refractivity contribution in [2.75, 3.05) is 26.0 Å². The topological polar surface area (TPSA) is 62.7 Å². The van der Waals surface area contributed by atoms with E-state index in [-0.39, 0.29) is 11.8 Å². The highest BCUT2D eigenvalue weighted by molar-refractivity contribution is 7.84. The summed E-state index contributed by atoms with van der Waals surface area (Å²) in [6, 6.07) is 14.5. The molecular formula is C21H28FN3O2S. The summed E-state index contributed by atoms with van der Waals surface area (Å²) in [5.41, 5.74) is 1.85. The molecule has 0 aromatic heterocycles. The molecule has 5 nitrogen and oxygen atoms in total. The van der Waals surface area contributed by atoms with Crippen molar-refractivity contribution in [1.82, 2.24) is 10.6 Å². The van der Waals surface area contributed by atoms with Crippen LogP contribution in [0.15, 0.2) is 53.5 Å². The van der Waals surface area contributed by atoms with Gasteiger partial charge in [0.1, 0.15) is 0 Å². The van der Waals surface area contributed by atoms with Crippen LogP contribution in [0.3, 0.4) is 0 Å².